The molecule has 3 nitrogen and oxygen atoms in total. The molecule has 0 saturated heterocycles. The number of hydrogen-bond acceptors (Lipinski definition) is 3. The molecule has 0 atom stereocenters. The zero-order chi connectivity index (χ0) is 12.3. The highest BCUT2D eigenvalue weighted by atomic mass is 35.5. The van der Waals surface area contributed by atoms with Gasteiger partial charge in [-0.05, 0) is 36.5 Å². The molecule has 0 amide bonds. The molecule has 1 aromatic carbocycles. The summed E-state index contributed by atoms with van der Waals surface area (Å²) >= 11 is 5.98. The van der Waals surface area contributed by atoms with Crippen molar-refractivity contribution in [1.29, 1.82) is 0 Å². The Labute approximate surface area is 106 Å². The summed E-state index contributed by atoms with van der Waals surface area (Å²) in [5.74, 6) is 0.483. The van der Waals surface area contributed by atoms with Crippen molar-refractivity contribution in [3.63, 3.8) is 0 Å². The molecule has 17 heavy (non-hydrogen) atoms. The van der Waals surface area contributed by atoms with Gasteiger partial charge in [-0.2, -0.15) is 0 Å². The molecule has 1 fully saturated rings. The number of phenolic OH excluding ortho intramolecular Hbond substituents is 1. The lowest BCUT2D eigenvalue weighted by Crippen LogP contribution is -2.05. The quantitative estimate of drug-likeness (QED) is 0.477. The standard InChI is InChI=1S/C13H16ClNO2/c14-12-7-10(9-4-2-1-3-5-9)6-11(8-15-17)13(12)16/h6-9,16-17H,1-5H2/b15-8+. The zero-order valence-electron chi connectivity index (χ0n) is 9.56. The second-order valence-corrected chi connectivity index (χ2v) is 4.93. The molecule has 0 bridgehead atoms. The SMILES string of the molecule is O/N=C/c1cc(C2CCCCC2)cc(Cl)c1O. The van der Waals surface area contributed by atoms with Crippen LogP contribution >= 0.6 is 11.6 Å². The van der Waals surface area contributed by atoms with E-state index in [2.05, 4.69) is 5.16 Å². The summed E-state index contributed by atoms with van der Waals surface area (Å²) in [6, 6.07) is 3.68. The van der Waals surface area contributed by atoms with Crippen molar-refractivity contribution in [2.75, 3.05) is 0 Å². The summed E-state index contributed by atoms with van der Waals surface area (Å²) in [6.45, 7) is 0. The molecule has 0 spiro atoms. The van der Waals surface area contributed by atoms with Crippen LogP contribution in [0.25, 0.3) is 0 Å². The first-order valence-corrected chi connectivity index (χ1v) is 6.30. The van der Waals surface area contributed by atoms with Crippen LogP contribution in [0.15, 0.2) is 17.3 Å². The summed E-state index contributed by atoms with van der Waals surface area (Å²) < 4.78 is 0. The predicted molar refractivity (Wildman–Crippen MR) is 68.3 cm³/mol. The van der Waals surface area contributed by atoms with Crippen molar-refractivity contribution in [3.8, 4) is 5.75 Å². The van der Waals surface area contributed by atoms with E-state index in [0.717, 1.165) is 18.4 Å². The molecule has 1 aliphatic carbocycles. The van der Waals surface area contributed by atoms with E-state index in [-0.39, 0.29) is 5.75 Å². The first-order chi connectivity index (χ1) is 8.22. The fourth-order valence-electron chi connectivity index (χ4n) is 2.47. The predicted octanol–water partition coefficient (Wildman–Crippen LogP) is 3.90. The topological polar surface area (TPSA) is 52.8 Å². The molecule has 0 aromatic heterocycles. The summed E-state index contributed by atoms with van der Waals surface area (Å²) in [4.78, 5) is 0. The van der Waals surface area contributed by atoms with Gasteiger partial charge in [0, 0.05) is 5.56 Å². The van der Waals surface area contributed by atoms with E-state index >= 15 is 0 Å². The Balaban J connectivity index is 2.34. The third kappa shape index (κ3) is 2.72. The highest BCUT2D eigenvalue weighted by Crippen LogP contribution is 2.37. The van der Waals surface area contributed by atoms with Gasteiger partial charge in [0.1, 0.15) is 5.75 Å². The van der Waals surface area contributed by atoms with Crippen molar-refractivity contribution < 1.29 is 10.3 Å². The second-order valence-electron chi connectivity index (χ2n) is 4.52. The zero-order valence-corrected chi connectivity index (χ0v) is 10.3. The minimum absolute atomic E-state index is 0.0240. The third-order valence-corrected chi connectivity index (χ3v) is 3.68. The van der Waals surface area contributed by atoms with Crippen molar-refractivity contribution in [3.05, 3.63) is 28.3 Å². The van der Waals surface area contributed by atoms with Crippen LogP contribution in [0.2, 0.25) is 5.02 Å². The van der Waals surface area contributed by atoms with Gasteiger partial charge in [0.2, 0.25) is 0 Å². The van der Waals surface area contributed by atoms with Gasteiger partial charge in [-0.15, -0.1) is 0 Å². The number of nitrogens with zero attached hydrogens (tertiary/aromatic N) is 1. The van der Waals surface area contributed by atoms with Gasteiger partial charge in [0.05, 0.1) is 11.2 Å². The molecule has 0 unspecified atom stereocenters. The lowest BCUT2D eigenvalue weighted by atomic mass is 9.83. The Kier molecular flexibility index (Phi) is 3.89. The molecule has 0 radical (unpaired) electrons. The van der Waals surface area contributed by atoms with E-state index in [1.54, 1.807) is 0 Å². The van der Waals surface area contributed by atoms with Crippen LogP contribution in [0, 0.1) is 0 Å². The van der Waals surface area contributed by atoms with Crippen molar-refractivity contribution >= 4 is 17.8 Å². The summed E-state index contributed by atoms with van der Waals surface area (Å²) in [7, 11) is 0. The molecule has 0 aliphatic heterocycles. The highest BCUT2D eigenvalue weighted by Gasteiger charge is 2.18. The van der Waals surface area contributed by atoms with Crippen molar-refractivity contribution in [2.45, 2.75) is 38.0 Å². The van der Waals surface area contributed by atoms with Crippen LogP contribution in [0.4, 0.5) is 0 Å². The molecular formula is C13H16ClNO2. The maximum absolute atomic E-state index is 9.72. The molecular weight excluding hydrogens is 238 g/mol. The van der Waals surface area contributed by atoms with Crippen molar-refractivity contribution in [1.82, 2.24) is 0 Å². The molecule has 1 saturated carbocycles. The van der Waals surface area contributed by atoms with E-state index in [0.29, 0.717) is 16.5 Å². The van der Waals surface area contributed by atoms with Gasteiger partial charge in [-0.1, -0.05) is 36.0 Å². The Morgan fingerprint density at radius 3 is 2.59 bits per heavy atom. The number of phenols is 1. The first-order valence-electron chi connectivity index (χ1n) is 5.92. The smallest absolute Gasteiger partial charge is 0.143 e. The largest absolute Gasteiger partial charge is 0.506 e. The highest BCUT2D eigenvalue weighted by molar-refractivity contribution is 6.32. The van der Waals surface area contributed by atoms with Crippen LogP contribution < -0.4 is 0 Å². The average molecular weight is 254 g/mol. The molecule has 92 valence electrons. The Morgan fingerprint density at radius 1 is 1.24 bits per heavy atom. The van der Waals surface area contributed by atoms with Gasteiger partial charge in [-0.25, -0.2) is 0 Å². The first kappa shape index (κ1) is 12.2. The molecule has 1 aliphatic rings. The monoisotopic (exact) mass is 253 g/mol. The van der Waals surface area contributed by atoms with Crippen LogP contribution in [0.5, 0.6) is 5.75 Å². The van der Waals surface area contributed by atoms with Gasteiger partial charge < -0.3 is 10.3 Å². The second kappa shape index (κ2) is 5.41. The average Bonchev–Trinajstić information content (AvgIpc) is 2.36. The number of halogens is 1. The van der Waals surface area contributed by atoms with Crippen LogP contribution in [-0.2, 0) is 0 Å². The fourth-order valence-corrected chi connectivity index (χ4v) is 2.71. The van der Waals surface area contributed by atoms with Crippen molar-refractivity contribution in [2.24, 2.45) is 5.16 Å². The molecule has 2 rings (SSSR count). The summed E-state index contributed by atoms with van der Waals surface area (Å²) in [5, 5.41) is 21.5. The van der Waals surface area contributed by atoms with Gasteiger partial charge in [0.25, 0.3) is 0 Å². The Hall–Kier alpha value is -1.22. The minimum Gasteiger partial charge on any atom is -0.506 e. The van der Waals surface area contributed by atoms with Gasteiger partial charge in [-0.3, -0.25) is 0 Å². The van der Waals surface area contributed by atoms with E-state index in [4.69, 9.17) is 16.8 Å². The van der Waals surface area contributed by atoms with E-state index < -0.39 is 0 Å². The summed E-state index contributed by atoms with van der Waals surface area (Å²) in [6.07, 6.45) is 7.33. The molecule has 0 heterocycles. The number of hydrogen-bond donors (Lipinski definition) is 2. The third-order valence-electron chi connectivity index (χ3n) is 3.39. The van der Waals surface area contributed by atoms with E-state index in [9.17, 15) is 5.11 Å². The van der Waals surface area contributed by atoms with Gasteiger partial charge in [0.15, 0.2) is 0 Å². The lowest BCUT2D eigenvalue weighted by molar-refractivity contribution is 0.321. The summed E-state index contributed by atoms with van der Waals surface area (Å²) in [5.41, 5.74) is 1.60. The lowest BCUT2D eigenvalue weighted by Gasteiger charge is -2.22. The maximum Gasteiger partial charge on any atom is 0.143 e. The maximum atomic E-state index is 9.72. The Bertz CT molecular complexity index is 426. The van der Waals surface area contributed by atoms with Crippen LogP contribution in [0.3, 0.4) is 0 Å². The Morgan fingerprint density at radius 2 is 1.94 bits per heavy atom. The van der Waals surface area contributed by atoms with E-state index in [1.807, 2.05) is 12.1 Å². The number of aromatic hydroxyl groups is 1. The molecule has 1 aromatic rings. The van der Waals surface area contributed by atoms with Crippen LogP contribution in [-0.4, -0.2) is 16.5 Å². The number of rotatable bonds is 2. The number of oxime groups is 1. The molecule has 4 heteroatoms. The minimum atomic E-state index is -0.0240. The normalized spacial score (nSPS) is 17.7. The fraction of sp³-hybridized carbons (Fsp3) is 0.462. The van der Waals surface area contributed by atoms with Gasteiger partial charge >= 0.3 is 0 Å². The van der Waals surface area contributed by atoms with Crippen LogP contribution in [0.1, 0.15) is 49.1 Å². The molecule has 2 N–H and O–H groups in total. The number of benzene rings is 1. The van der Waals surface area contributed by atoms with E-state index in [1.165, 1.54) is 25.5 Å².